The third-order valence-corrected chi connectivity index (χ3v) is 3.45. The highest BCUT2D eigenvalue weighted by atomic mass is 16.6. The number of carboxylic acids is 1. The van der Waals surface area contributed by atoms with Crippen molar-refractivity contribution < 1.29 is 24.2 Å². The van der Waals surface area contributed by atoms with E-state index in [0.29, 0.717) is 13.0 Å². The predicted octanol–water partition coefficient (Wildman–Crippen LogP) is 0.681. The van der Waals surface area contributed by atoms with Crippen LogP contribution in [0.3, 0.4) is 0 Å². The van der Waals surface area contributed by atoms with E-state index in [0.717, 1.165) is 0 Å². The Balaban J connectivity index is 1.95. The van der Waals surface area contributed by atoms with Crippen molar-refractivity contribution in [2.45, 2.75) is 51.3 Å². The second-order valence-electron chi connectivity index (χ2n) is 6.22. The number of nitrogens with zero attached hydrogens (tertiary/aromatic N) is 2. The Bertz CT molecular complexity index is 443. The molecule has 112 valence electrons. The average Bonchev–Trinajstić information content (AvgIpc) is 2.23. The summed E-state index contributed by atoms with van der Waals surface area (Å²) in [6.07, 6.45) is 0.101. The molecule has 2 unspecified atom stereocenters. The molecule has 0 aliphatic carbocycles. The largest absolute Gasteiger partial charge is 0.481 e. The molecule has 20 heavy (non-hydrogen) atoms. The molecule has 3 fully saturated rings. The SMILES string of the molecule is CC(C)(C)OC(=O)N1C2CC1C(=O)N(CCC(=O)O)C2. The molecule has 2 bridgehead atoms. The lowest BCUT2D eigenvalue weighted by Crippen LogP contribution is -2.73. The maximum atomic E-state index is 12.1. The van der Waals surface area contributed by atoms with Gasteiger partial charge in [0.2, 0.25) is 5.91 Å². The summed E-state index contributed by atoms with van der Waals surface area (Å²) < 4.78 is 5.28. The number of carboxylic acid groups (broad SMARTS) is 1. The number of hydrogen-bond acceptors (Lipinski definition) is 4. The molecule has 0 saturated carbocycles. The third kappa shape index (κ3) is 2.86. The Morgan fingerprint density at radius 1 is 1.40 bits per heavy atom. The molecule has 0 spiro atoms. The van der Waals surface area contributed by atoms with E-state index < -0.39 is 23.7 Å². The first-order valence-corrected chi connectivity index (χ1v) is 6.71. The zero-order chi connectivity index (χ0) is 15.1. The zero-order valence-corrected chi connectivity index (χ0v) is 12.0. The van der Waals surface area contributed by atoms with Crippen molar-refractivity contribution in [3.05, 3.63) is 0 Å². The Hall–Kier alpha value is -1.79. The van der Waals surface area contributed by atoms with E-state index in [1.54, 1.807) is 20.8 Å². The molecule has 1 N–H and O–H groups in total. The van der Waals surface area contributed by atoms with Crippen molar-refractivity contribution in [3.63, 3.8) is 0 Å². The van der Waals surface area contributed by atoms with Crippen LogP contribution in [0, 0.1) is 0 Å². The van der Waals surface area contributed by atoms with Gasteiger partial charge in [-0.1, -0.05) is 0 Å². The minimum atomic E-state index is -0.930. The van der Waals surface area contributed by atoms with Gasteiger partial charge in [0.05, 0.1) is 12.5 Å². The van der Waals surface area contributed by atoms with Crippen LogP contribution in [0.25, 0.3) is 0 Å². The molecule has 0 aromatic rings. The fourth-order valence-electron chi connectivity index (χ4n) is 2.56. The Labute approximate surface area is 117 Å². The summed E-state index contributed by atoms with van der Waals surface area (Å²) in [5.41, 5.74) is -0.590. The van der Waals surface area contributed by atoms with Crippen LogP contribution in [0.15, 0.2) is 0 Å². The standard InChI is InChI=1S/C13H20N2O5/c1-13(2,3)20-12(19)15-8-6-9(15)11(18)14(7-8)5-4-10(16)17/h8-9H,4-7H2,1-3H3,(H,16,17). The number of ether oxygens (including phenoxy) is 1. The monoisotopic (exact) mass is 284 g/mol. The molecule has 3 heterocycles. The second-order valence-corrected chi connectivity index (χ2v) is 6.22. The first kappa shape index (κ1) is 14.6. The number of amides is 2. The predicted molar refractivity (Wildman–Crippen MR) is 69.1 cm³/mol. The molecule has 3 aliphatic heterocycles. The summed E-state index contributed by atoms with van der Waals surface area (Å²) in [6.45, 7) is 5.93. The fourth-order valence-corrected chi connectivity index (χ4v) is 2.56. The van der Waals surface area contributed by atoms with Gasteiger partial charge in [-0.05, 0) is 27.2 Å². The Morgan fingerprint density at radius 2 is 2.05 bits per heavy atom. The van der Waals surface area contributed by atoms with Crippen molar-refractivity contribution in [1.29, 1.82) is 0 Å². The number of hydrogen-bond donors (Lipinski definition) is 1. The van der Waals surface area contributed by atoms with Gasteiger partial charge in [0.15, 0.2) is 0 Å². The van der Waals surface area contributed by atoms with Gasteiger partial charge in [0, 0.05) is 13.1 Å². The van der Waals surface area contributed by atoms with E-state index in [4.69, 9.17) is 9.84 Å². The first-order valence-electron chi connectivity index (χ1n) is 6.71. The smallest absolute Gasteiger partial charge is 0.411 e. The van der Waals surface area contributed by atoms with Gasteiger partial charge in [-0.3, -0.25) is 14.5 Å². The van der Waals surface area contributed by atoms with Gasteiger partial charge in [-0.25, -0.2) is 4.79 Å². The number of piperazine rings is 1. The number of carbonyl (C=O) groups is 3. The van der Waals surface area contributed by atoms with E-state index in [-0.39, 0.29) is 24.9 Å². The fraction of sp³-hybridized carbons (Fsp3) is 0.769. The molecule has 0 aromatic carbocycles. The average molecular weight is 284 g/mol. The lowest BCUT2D eigenvalue weighted by molar-refractivity contribution is -0.158. The number of piperidine rings is 1. The highest BCUT2D eigenvalue weighted by Gasteiger charge is 2.53. The van der Waals surface area contributed by atoms with Gasteiger partial charge in [-0.2, -0.15) is 0 Å². The van der Waals surface area contributed by atoms with E-state index in [1.807, 2.05) is 0 Å². The Morgan fingerprint density at radius 3 is 2.55 bits per heavy atom. The van der Waals surface area contributed by atoms with Crippen LogP contribution < -0.4 is 0 Å². The molecule has 2 amide bonds. The van der Waals surface area contributed by atoms with Crippen LogP contribution in [0.4, 0.5) is 4.79 Å². The van der Waals surface area contributed by atoms with Gasteiger partial charge >= 0.3 is 12.1 Å². The molecular formula is C13H20N2O5. The molecule has 3 rings (SSSR count). The first-order chi connectivity index (χ1) is 9.19. The molecule has 0 radical (unpaired) electrons. The maximum absolute atomic E-state index is 12.1. The van der Waals surface area contributed by atoms with Crippen LogP contribution >= 0.6 is 0 Å². The summed E-state index contributed by atoms with van der Waals surface area (Å²) in [5, 5.41) is 8.65. The van der Waals surface area contributed by atoms with Crippen LogP contribution in [0.5, 0.6) is 0 Å². The van der Waals surface area contributed by atoms with Crippen molar-refractivity contribution in [2.75, 3.05) is 13.1 Å². The normalized spacial score (nSPS) is 25.2. The molecule has 3 saturated heterocycles. The molecule has 2 atom stereocenters. The van der Waals surface area contributed by atoms with Crippen LogP contribution in [-0.4, -0.2) is 63.7 Å². The van der Waals surface area contributed by atoms with Crippen LogP contribution in [0.1, 0.15) is 33.6 Å². The van der Waals surface area contributed by atoms with Gasteiger partial charge in [0.25, 0.3) is 0 Å². The van der Waals surface area contributed by atoms with Gasteiger partial charge in [0.1, 0.15) is 11.6 Å². The summed E-state index contributed by atoms with van der Waals surface area (Å²) >= 11 is 0. The molecular weight excluding hydrogens is 264 g/mol. The molecule has 7 nitrogen and oxygen atoms in total. The van der Waals surface area contributed by atoms with Crippen LogP contribution in [0.2, 0.25) is 0 Å². The van der Waals surface area contributed by atoms with Crippen molar-refractivity contribution in [2.24, 2.45) is 0 Å². The summed E-state index contributed by atoms with van der Waals surface area (Å²) in [4.78, 5) is 37.7. The highest BCUT2D eigenvalue weighted by Crippen LogP contribution is 2.34. The Kier molecular flexibility index (Phi) is 3.62. The van der Waals surface area contributed by atoms with E-state index in [1.165, 1.54) is 9.80 Å². The lowest BCUT2D eigenvalue weighted by atomic mass is 9.87. The minimum absolute atomic E-state index is 0.0543. The topological polar surface area (TPSA) is 87.2 Å². The van der Waals surface area contributed by atoms with Gasteiger partial charge in [-0.15, -0.1) is 0 Å². The van der Waals surface area contributed by atoms with E-state index in [9.17, 15) is 14.4 Å². The van der Waals surface area contributed by atoms with Gasteiger partial charge < -0.3 is 14.7 Å². The quantitative estimate of drug-likeness (QED) is 0.823. The van der Waals surface area contributed by atoms with Crippen molar-refractivity contribution in [1.82, 2.24) is 9.80 Å². The number of fused-ring (bicyclic) bond motifs is 2. The van der Waals surface area contributed by atoms with Crippen LogP contribution in [-0.2, 0) is 14.3 Å². The summed E-state index contributed by atoms with van der Waals surface area (Å²) in [6, 6.07) is -0.543. The van der Waals surface area contributed by atoms with E-state index in [2.05, 4.69) is 0 Å². The summed E-state index contributed by atoms with van der Waals surface area (Å²) in [5.74, 6) is -1.11. The number of carbonyl (C=O) groups excluding carboxylic acids is 2. The lowest BCUT2D eigenvalue weighted by Gasteiger charge is -2.54. The minimum Gasteiger partial charge on any atom is -0.481 e. The maximum Gasteiger partial charge on any atom is 0.411 e. The van der Waals surface area contributed by atoms with Crippen molar-refractivity contribution >= 4 is 18.0 Å². The number of aliphatic carboxylic acids is 1. The van der Waals surface area contributed by atoms with E-state index >= 15 is 0 Å². The zero-order valence-electron chi connectivity index (χ0n) is 12.0. The molecule has 3 aliphatic rings. The molecule has 0 aromatic heterocycles. The third-order valence-electron chi connectivity index (χ3n) is 3.45. The number of rotatable bonds is 3. The van der Waals surface area contributed by atoms with Crippen molar-refractivity contribution in [3.8, 4) is 0 Å². The highest BCUT2D eigenvalue weighted by molar-refractivity contribution is 5.90. The summed E-state index contributed by atoms with van der Waals surface area (Å²) in [7, 11) is 0. The molecule has 7 heteroatoms. The second kappa shape index (κ2) is 4.96.